The van der Waals surface area contributed by atoms with Crippen LogP contribution in [0.5, 0.6) is 11.5 Å². The van der Waals surface area contributed by atoms with Crippen molar-refractivity contribution in [1.29, 1.82) is 0 Å². The summed E-state index contributed by atoms with van der Waals surface area (Å²) in [5.41, 5.74) is 7.13. The summed E-state index contributed by atoms with van der Waals surface area (Å²) in [6.07, 6.45) is 0. The molecule has 1 rings (SSSR count). The van der Waals surface area contributed by atoms with Gasteiger partial charge in [-0.15, -0.1) is 0 Å². The molecule has 1 aromatic rings. The average molecular weight is 252 g/mol. The Kier molecular flexibility index (Phi) is 4.55. The van der Waals surface area contributed by atoms with E-state index >= 15 is 0 Å². The molecule has 2 N–H and O–H groups in total. The summed E-state index contributed by atoms with van der Waals surface area (Å²) in [7, 11) is 4.84. The van der Waals surface area contributed by atoms with Crippen LogP contribution in [-0.4, -0.2) is 33.2 Å². The maximum atomic E-state index is 11.9. The normalized spacial score (nSPS) is 11.9. The summed E-state index contributed by atoms with van der Waals surface area (Å²) in [4.78, 5) is 13.4. The van der Waals surface area contributed by atoms with Gasteiger partial charge in [0.15, 0.2) is 0 Å². The highest BCUT2D eigenvalue weighted by molar-refractivity contribution is 5.98. The van der Waals surface area contributed by atoms with Gasteiger partial charge in [-0.25, -0.2) is 0 Å². The van der Waals surface area contributed by atoms with Crippen LogP contribution in [-0.2, 0) is 4.79 Å². The Morgan fingerprint density at radius 3 is 2.39 bits per heavy atom. The first kappa shape index (κ1) is 14.3. The number of hydrogen-bond acceptors (Lipinski definition) is 4. The molecule has 1 atom stereocenters. The Morgan fingerprint density at radius 1 is 1.33 bits per heavy atom. The predicted octanol–water partition coefficient (Wildman–Crippen LogP) is 1.32. The van der Waals surface area contributed by atoms with Crippen LogP contribution < -0.4 is 20.1 Å². The van der Waals surface area contributed by atoms with Crippen molar-refractivity contribution >= 4 is 11.6 Å². The molecule has 0 spiro atoms. The molecule has 0 aliphatic rings. The molecule has 0 heterocycles. The van der Waals surface area contributed by atoms with Gasteiger partial charge in [0.05, 0.1) is 25.9 Å². The molecular formula is C13H20N2O3. The van der Waals surface area contributed by atoms with E-state index in [1.807, 2.05) is 6.92 Å². The summed E-state index contributed by atoms with van der Waals surface area (Å²) < 4.78 is 10.6. The van der Waals surface area contributed by atoms with Crippen LogP contribution in [0.25, 0.3) is 0 Å². The number of amides is 1. The Balaban J connectivity index is 3.25. The van der Waals surface area contributed by atoms with Crippen molar-refractivity contribution in [1.82, 2.24) is 0 Å². The van der Waals surface area contributed by atoms with E-state index in [9.17, 15) is 4.79 Å². The molecule has 0 fully saturated rings. The van der Waals surface area contributed by atoms with Crippen LogP contribution >= 0.6 is 0 Å². The van der Waals surface area contributed by atoms with Crippen LogP contribution in [0.2, 0.25) is 0 Å². The molecule has 1 amide bonds. The number of methoxy groups -OCH3 is 2. The smallest absolute Gasteiger partial charge is 0.243 e. The van der Waals surface area contributed by atoms with E-state index in [1.54, 1.807) is 40.3 Å². The first-order valence-corrected chi connectivity index (χ1v) is 5.68. The third-order valence-electron chi connectivity index (χ3n) is 2.84. The van der Waals surface area contributed by atoms with E-state index in [4.69, 9.17) is 15.2 Å². The van der Waals surface area contributed by atoms with Crippen LogP contribution in [0.1, 0.15) is 12.5 Å². The number of carbonyl (C=O) groups is 1. The zero-order chi connectivity index (χ0) is 13.9. The number of nitrogens with zero attached hydrogens (tertiary/aromatic N) is 1. The lowest BCUT2D eigenvalue weighted by molar-refractivity contribution is -0.119. The van der Waals surface area contributed by atoms with Crippen LogP contribution in [0.4, 0.5) is 5.69 Å². The van der Waals surface area contributed by atoms with Crippen molar-refractivity contribution in [3.8, 4) is 11.5 Å². The van der Waals surface area contributed by atoms with Gasteiger partial charge in [0, 0.05) is 12.6 Å². The Morgan fingerprint density at radius 2 is 1.94 bits per heavy atom. The summed E-state index contributed by atoms with van der Waals surface area (Å²) in [6.45, 7) is 3.53. The number of hydrogen-bond donors (Lipinski definition) is 1. The standard InChI is InChI=1S/C13H20N2O3/c1-8-11(17-4)7-6-10(12(8)18-5)15(3)13(16)9(2)14/h6-7,9H,14H2,1-5H3. The molecule has 0 saturated heterocycles. The van der Waals surface area contributed by atoms with Crippen LogP contribution in [0.15, 0.2) is 12.1 Å². The fourth-order valence-corrected chi connectivity index (χ4v) is 1.83. The summed E-state index contributed by atoms with van der Waals surface area (Å²) in [6, 6.07) is 3.03. The molecule has 5 nitrogen and oxygen atoms in total. The highest BCUT2D eigenvalue weighted by Gasteiger charge is 2.20. The van der Waals surface area contributed by atoms with Crippen LogP contribution in [0, 0.1) is 6.92 Å². The minimum Gasteiger partial charge on any atom is -0.496 e. The Labute approximate surface area is 107 Å². The number of rotatable bonds is 4. The quantitative estimate of drug-likeness (QED) is 0.877. The van der Waals surface area contributed by atoms with Gasteiger partial charge >= 0.3 is 0 Å². The van der Waals surface area contributed by atoms with E-state index in [0.717, 1.165) is 11.3 Å². The fourth-order valence-electron chi connectivity index (χ4n) is 1.83. The van der Waals surface area contributed by atoms with Gasteiger partial charge in [-0.3, -0.25) is 4.79 Å². The minimum absolute atomic E-state index is 0.169. The Bertz CT molecular complexity index is 444. The zero-order valence-electron chi connectivity index (χ0n) is 11.5. The largest absolute Gasteiger partial charge is 0.496 e. The van der Waals surface area contributed by atoms with Crippen molar-refractivity contribution in [3.63, 3.8) is 0 Å². The molecule has 0 aromatic heterocycles. The molecule has 18 heavy (non-hydrogen) atoms. The third kappa shape index (κ3) is 2.56. The molecule has 1 unspecified atom stereocenters. The maximum absolute atomic E-state index is 11.9. The summed E-state index contributed by atoms with van der Waals surface area (Å²) >= 11 is 0. The van der Waals surface area contributed by atoms with E-state index in [2.05, 4.69) is 0 Å². The SMILES string of the molecule is COc1ccc(N(C)C(=O)C(C)N)c(OC)c1C. The van der Waals surface area contributed by atoms with Gasteiger partial charge < -0.3 is 20.1 Å². The molecule has 0 saturated carbocycles. The highest BCUT2D eigenvalue weighted by Crippen LogP contribution is 2.36. The van der Waals surface area contributed by atoms with Gasteiger partial charge in [0.25, 0.3) is 0 Å². The van der Waals surface area contributed by atoms with E-state index in [1.165, 1.54) is 4.90 Å². The number of likely N-dealkylation sites (N-methyl/N-ethyl adjacent to an activating group) is 1. The summed E-state index contributed by atoms with van der Waals surface area (Å²) in [5.74, 6) is 1.17. The first-order chi connectivity index (χ1) is 8.43. The summed E-state index contributed by atoms with van der Waals surface area (Å²) in [5, 5.41) is 0. The average Bonchev–Trinajstić information content (AvgIpc) is 2.36. The molecule has 1 aromatic carbocycles. The van der Waals surface area contributed by atoms with Crippen molar-refractivity contribution in [2.24, 2.45) is 5.73 Å². The second-order valence-corrected chi connectivity index (χ2v) is 4.13. The molecule has 0 aliphatic carbocycles. The Hall–Kier alpha value is -1.75. The topological polar surface area (TPSA) is 64.8 Å². The lowest BCUT2D eigenvalue weighted by Crippen LogP contribution is -2.40. The molecule has 0 bridgehead atoms. The molecule has 100 valence electrons. The third-order valence-corrected chi connectivity index (χ3v) is 2.84. The number of benzene rings is 1. The fraction of sp³-hybridized carbons (Fsp3) is 0.462. The lowest BCUT2D eigenvalue weighted by atomic mass is 10.1. The number of anilines is 1. The number of nitrogens with two attached hydrogens (primary N) is 1. The van der Waals surface area contributed by atoms with Crippen molar-refractivity contribution < 1.29 is 14.3 Å². The molecule has 5 heteroatoms. The predicted molar refractivity (Wildman–Crippen MR) is 71.3 cm³/mol. The van der Waals surface area contributed by atoms with Gasteiger partial charge in [-0.05, 0) is 26.0 Å². The number of carbonyl (C=O) groups excluding carboxylic acids is 1. The zero-order valence-corrected chi connectivity index (χ0v) is 11.5. The van der Waals surface area contributed by atoms with Gasteiger partial charge in [-0.1, -0.05) is 0 Å². The van der Waals surface area contributed by atoms with E-state index in [0.29, 0.717) is 11.4 Å². The lowest BCUT2D eigenvalue weighted by Gasteiger charge is -2.23. The second-order valence-electron chi connectivity index (χ2n) is 4.13. The monoisotopic (exact) mass is 252 g/mol. The van der Waals surface area contributed by atoms with Gasteiger partial charge in [-0.2, -0.15) is 0 Å². The molecule has 0 aliphatic heterocycles. The highest BCUT2D eigenvalue weighted by atomic mass is 16.5. The van der Waals surface area contributed by atoms with Crippen LogP contribution in [0.3, 0.4) is 0 Å². The van der Waals surface area contributed by atoms with Gasteiger partial charge in [0.1, 0.15) is 11.5 Å². The van der Waals surface area contributed by atoms with Gasteiger partial charge in [0.2, 0.25) is 5.91 Å². The molecular weight excluding hydrogens is 232 g/mol. The van der Waals surface area contributed by atoms with E-state index < -0.39 is 6.04 Å². The number of ether oxygens (including phenoxy) is 2. The maximum Gasteiger partial charge on any atom is 0.243 e. The van der Waals surface area contributed by atoms with E-state index in [-0.39, 0.29) is 5.91 Å². The van der Waals surface area contributed by atoms with Crippen molar-refractivity contribution in [2.75, 3.05) is 26.2 Å². The second kappa shape index (κ2) is 5.73. The minimum atomic E-state index is -0.554. The van der Waals surface area contributed by atoms with Crippen molar-refractivity contribution in [3.05, 3.63) is 17.7 Å². The molecule has 0 radical (unpaired) electrons. The van der Waals surface area contributed by atoms with Crippen molar-refractivity contribution in [2.45, 2.75) is 19.9 Å². The first-order valence-electron chi connectivity index (χ1n) is 5.68.